The molecule has 1 aromatic rings. The van der Waals surface area contributed by atoms with Crippen molar-refractivity contribution < 1.29 is 18.0 Å². The third kappa shape index (κ3) is 2.72. The molecule has 0 aromatic heterocycles. The highest BCUT2D eigenvalue weighted by Crippen LogP contribution is 2.65. The summed E-state index contributed by atoms with van der Waals surface area (Å²) in [4.78, 5) is 12.4. The molecular formula is C19H24F3NO. The van der Waals surface area contributed by atoms with Crippen LogP contribution in [0.4, 0.5) is 13.2 Å². The summed E-state index contributed by atoms with van der Waals surface area (Å²) in [5, 5.41) is 3.09. The van der Waals surface area contributed by atoms with Gasteiger partial charge < -0.3 is 5.32 Å². The Morgan fingerprint density at radius 3 is 2.54 bits per heavy atom. The van der Waals surface area contributed by atoms with Crippen LogP contribution in [0.3, 0.4) is 0 Å². The number of benzene rings is 1. The fourth-order valence-electron chi connectivity index (χ4n) is 4.71. The maximum Gasteiger partial charge on any atom is 0.416 e. The first-order valence-electron chi connectivity index (χ1n) is 8.49. The third-order valence-electron chi connectivity index (χ3n) is 6.75. The lowest BCUT2D eigenvalue weighted by molar-refractivity contribution is -0.137. The highest BCUT2D eigenvalue weighted by atomic mass is 19.4. The molecule has 0 aliphatic heterocycles. The van der Waals surface area contributed by atoms with Gasteiger partial charge in [0.1, 0.15) is 0 Å². The molecule has 0 radical (unpaired) electrons. The fraction of sp³-hybridized carbons (Fsp3) is 0.632. The van der Waals surface area contributed by atoms with Crippen LogP contribution in [-0.4, -0.2) is 11.9 Å². The van der Waals surface area contributed by atoms with Crippen LogP contribution < -0.4 is 5.32 Å². The van der Waals surface area contributed by atoms with Gasteiger partial charge in [-0.1, -0.05) is 39.0 Å². The number of carbonyl (C=O) groups is 1. The lowest BCUT2D eigenvalue weighted by atomic mass is 9.69. The van der Waals surface area contributed by atoms with E-state index < -0.39 is 11.7 Å². The zero-order valence-corrected chi connectivity index (χ0v) is 14.3. The van der Waals surface area contributed by atoms with E-state index in [4.69, 9.17) is 0 Å². The van der Waals surface area contributed by atoms with Gasteiger partial charge in [0.2, 0.25) is 5.91 Å². The SMILES string of the molecule is CC1(C)[C@@H]2CC[C@@]1(C)[C@@H](NC(=O)Cc1cccc(C(F)(F)F)c1)C2. The predicted molar refractivity (Wildman–Crippen MR) is 86.3 cm³/mol. The Morgan fingerprint density at radius 1 is 1.29 bits per heavy atom. The molecule has 1 aromatic carbocycles. The highest BCUT2D eigenvalue weighted by Gasteiger charge is 2.61. The van der Waals surface area contributed by atoms with Crippen molar-refractivity contribution in [2.24, 2.45) is 16.7 Å². The van der Waals surface area contributed by atoms with Crippen molar-refractivity contribution in [1.82, 2.24) is 5.32 Å². The third-order valence-corrected chi connectivity index (χ3v) is 6.75. The van der Waals surface area contributed by atoms with Crippen LogP contribution in [-0.2, 0) is 17.4 Å². The van der Waals surface area contributed by atoms with E-state index in [0.29, 0.717) is 11.5 Å². The van der Waals surface area contributed by atoms with Crippen molar-refractivity contribution in [2.45, 2.75) is 58.7 Å². The second-order valence-corrected chi connectivity index (χ2v) is 8.11. The summed E-state index contributed by atoms with van der Waals surface area (Å²) in [6.07, 6.45) is -1.13. The number of alkyl halides is 3. The summed E-state index contributed by atoms with van der Waals surface area (Å²) in [7, 11) is 0. The first-order chi connectivity index (χ1) is 11.0. The molecule has 2 aliphatic rings. The van der Waals surface area contributed by atoms with Crippen molar-refractivity contribution in [2.75, 3.05) is 0 Å². The number of amides is 1. The molecule has 2 fully saturated rings. The van der Waals surface area contributed by atoms with E-state index in [9.17, 15) is 18.0 Å². The summed E-state index contributed by atoms with van der Waals surface area (Å²) in [6.45, 7) is 6.77. The standard InChI is InChI=1S/C19H24F3NO/c1-17(2)13-7-8-18(17,3)15(11-13)23-16(24)10-12-5-4-6-14(9-12)19(20,21)22/h4-6,9,13,15H,7-8,10-11H2,1-3H3,(H,23,24)/t13-,15+,18+/m1/s1. The maximum atomic E-state index is 12.8. The van der Waals surface area contributed by atoms with E-state index in [-0.39, 0.29) is 29.2 Å². The number of hydrogen-bond acceptors (Lipinski definition) is 1. The Bertz CT molecular complexity index is 652. The highest BCUT2D eigenvalue weighted by molar-refractivity contribution is 5.79. The van der Waals surface area contributed by atoms with Gasteiger partial charge >= 0.3 is 6.18 Å². The molecule has 2 bridgehead atoms. The summed E-state index contributed by atoms with van der Waals surface area (Å²) < 4.78 is 38.3. The minimum absolute atomic E-state index is 0.0123. The Hall–Kier alpha value is -1.52. The maximum absolute atomic E-state index is 12.8. The van der Waals surface area contributed by atoms with E-state index in [1.807, 2.05) is 0 Å². The molecular weight excluding hydrogens is 315 g/mol. The fourth-order valence-corrected chi connectivity index (χ4v) is 4.71. The van der Waals surface area contributed by atoms with Crippen LogP contribution in [0.25, 0.3) is 0 Å². The molecule has 3 atom stereocenters. The number of hydrogen-bond donors (Lipinski definition) is 1. The van der Waals surface area contributed by atoms with Crippen molar-refractivity contribution >= 4 is 5.91 Å². The van der Waals surface area contributed by atoms with Crippen molar-refractivity contribution in [1.29, 1.82) is 0 Å². The molecule has 2 nitrogen and oxygen atoms in total. The smallest absolute Gasteiger partial charge is 0.353 e. The van der Waals surface area contributed by atoms with Crippen molar-refractivity contribution in [3.05, 3.63) is 35.4 Å². The van der Waals surface area contributed by atoms with Gasteiger partial charge in [0.25, 0.3) is 0 Å². The van der Waals surface area contributed by atoms with Gasteiger partial charge in [0, 0.05) is 6.04 Å². The number of carbonyl (C=O) groups excluding carboxylic acids is 1. The quantitative estimate of drug-likeness (QED) is 0.858. The number of halogens is 3. The lowest BCUT2D eigenvalue weighted by Gasteiger charge is -2.39. The molecule has 0 spiro atoms. The van der Waals surface area contributed by atoms with Crippen LogP contribution in [0.5, 0.6) is 0 Å². The molecule has 2 saturated carbocycles. The molecule has 0 heterocycles. The minimum atomic E-state index is -4.38. The van der Waals surface area contributed by atoms with E-state index >= 15 is 0 Å². The van der Waals surface area contributed by atoms with Crippen LogP contribution in [0, 0.1) is 16.7 Å². The average molecular weight is 339 g/mol. The lowest BCUT2D eigenvalue weighted by Crippen LogP contribution is -2.47. The second kappa shape index (κ2) is 5.50. The van der Waals surface area contributed by atoms with Gasteiger partial charge in [-0.3, -0.25) is 4.79 Å². The normalized spacial score (nSPS) is 31.2. The van der Waals surface area contributed by atoms with Crippen LogP contribution in [0.15, 0.2) is 24.3 Å². The van der Waals surface area contributed by atoms with E-state index in [1.165, 1.54) is 12.5 Å². The first kappa shape index (κ1) is 17.3. The molecule has 1 amide bonds. The average Bonchev–Trinajstić information content (AvgIpc) is 2.80. The Balaban J connectivity index is 1.67. The Labute approximate surface area is 140 Å². The zero-order valence-electron chi connectivity index (χ0n) is 14.3. The second-order valence-electron chi connectivity index (χ2n) is 8.11. The summed E-state index contributed by atoms with van der Waals surface area (Å²) in [6, 6.07) is 5.13. The molecule has 24 heavy (non-hydrogen) atoms. The predicted octanol–water partition coefficient (Wildman–Crippen LogP) is 4.58. The van der Waals surface area contributed by atoms with Crippen molar-refractivity contribution in [3.63, 3.8) is 0 Å². The van der Waals surface area contributed by atoms with Crippen LogP contribution >= 0.6 is 0 Å². The molecule has 132 valence electrons. The zero-order chi connectivity index (χ0) is 17.8. The van der Waals surface area contributed by atoms with Gasteiger partial charge in [0.05, 0.1) is 12.0 Å². The largest absolute Gasteiger partial charge is 0.416 e. The van der Waals surface area contributed by atoms with Crippen LogP contribution in [0.2, 0.25) is 0 Å². The Morgan fingerprint density at radius 2 is 2.00 bits per heavy atom. The monoisotopic (exact) mass is 339 g/mol. The number of fused-ring (bicyclic) bond motifs is 2. The van der Waals surface area contributed by atoms with E-state index in [2.05, 4.69) is 26.1 Å². The van der Waals surface area contributed by atoms with Gasteiger partial charge in [0.15, 0.2) is 0 Å². The van der Waals surface area contributed by atoms with Gasteiger partial charge in [-0.15, -0.1) is 0 Å². The number of nitrogens with one attached hydrogen (secondary N) is 1. The number of rotatable bonds is 3. The van der Waals surface area contributed by atoms with E-state index in [1.54, 1.807) is 6.07 Å². The molecule has 2 aliphatic carbocycles. The van der Waals surface area contributed by atoms with Crippen molar-refractivity contribution in [3.8, 4) is 0 Å². The summed E-state index contributed by atoms with van der Waals surface area (Å²) in [5.74, 6) is 0.422. The van der Waals surface area contributed by atoms with Gasteiger partial charge in [-0.2, -0.15) is 13.2 Å². The van der Waals surface area contributed by atoms with Gasteiger partial charge in [-0.05, 0) is 47.6 Å². The van der Waals surface area contributed by atoms with Crippen LogP contribution in [0.1, 0.15) is 51.2 Å². The first-order valence-corrected chi connectivity index (χ1v) is 8.49. The molecule has 1 N–H and O–H groups in total. The van der Waals surface area contributed by atoms with E-state index in [0.717, 1.165) is 25.0 Å². The minimum Gasteiger partial charge on any atom is -0.353 e. The molecule has 3 rings (SSSR count). The topological polar surface area (TPSA) is 29.1 Å². The Kier molecular flexibility index (Phi) is 3.97. The molecule has 5 heteroatoms. The summed E-state index contributed by atoms with van der Waals surface area (Å²) >= 11 is 0. The van der Waals surface area contributed by atoms with Gasteiger partial charge in [-0.25, -0.2) is 0 Å². The molecule has 0 unspecified atom stereocenters. The summed E-state index contributed by atoms with van der Waals surface area (Å²) in [5.41, 5.74) is -0.0434. The molecule has 0 saturated heterocycles.